The summed E-state index contributed by atoms with van der Waals surface area (Å²) in [6, 6.07) is 18.2. The zero-order valence-corrected chi connectivity index (χ0v) is 12.8. The molecule has 1 atom stereocenters. The Labute approximate surface area is 132 Å². The first-order valence-electron chi connectivity index (χ1n) is 8.09. The maximum Gasteiger partial charge on any atom is 0.127 e. The second-order valence-electron chi connectivity index (χ2n) is 5.67. The predicted octanol–water partition coefficient (Wildman–Crippen LogP) is 4.39. The molecule has 3 nitrogen and oxygen atoms in total. The molecule has 2 aromatic carbocycles. The number of para-hydroxylation sites is 1. The highest BCUT2D eigenvalue weighted by Gasteiger charge is 2.11. The molecule has 22 heavy (non-hydrogen) atoms. The summed E-state index contributed by atoms with van der Waals surface area (Å²) in [4.78, 5) is 0. The Morgan fingerprint density at radius 2 is 1.59 bits per heavy atom. The Hall–Kier alpha value is -2.00. The van der Waals surface area contributed by atoms with Crippen LogP contribution in [0.4, 0.5) is 0 Å². The molecule has 0 aromatic heterocycles. The molecule has 1 N–H and O–H groups in total. The van der Waals surface area contributed by atoms with Crippen LogP contribution >= 0.6 is 0 Å². The summed E-state index contributed by atoms with van der Waals surface area (Å²) >= 11 is 0. The average Bonchev–Trinajstić information content (AvgIpc) is 2.58. The molecule has 1 fully saturated rings. The van der Waals surface area contributed by atoms with Crippen LogP contribution in [0.15, 0.2) is 54.6 Å². The van der Waals surface area contributed by atoms with E-state index in [0.717, 1.165) is 36.8 Å². The summed E-state index contributed by atoms with van der Waals surface area (Å²) in [5.41, 5.74) is 0. The minimum absolute atomic E-state index is 0.620. The molecule has 1 saturated heterocycles. The Kier molecular flexibility index (Phi) is 5.32. The molecule has 1 aliphatic heterocycles. The highest BCUT2D eigenvalue weighted by atomic mass is 16.5. The van der Waals surface area contributed by atoms with Gasteiger partial charge in [-0.25, -0.2) is 0 Å². The Morgan fingerprint density at radius 1 is 0.864 bits per heavy atom. The predicted molar refractivity (Wildman–Crippen MR) is 88.7 cm³/mol. The van der Waals surface area contributed by atoms with E-state index in [1.54, 1.807) is 0 Å². The SMILES string of the molecule is c1ccc(Oc2ccc(OCCC3CCCCN3)cc2)cc1. The molecule has 0 amide bonds. The summed E-state index contributed by atoms with van der Waals surface area (Å²) in [5, 5.41) is 3.54. The third kappa shape index (κ3) is 4.50. The number of ether oxygens (including phenoxy) is 2. The monoisotopic (exact) mass is 297 g/mol. The number of hydrogen-bond acceptors (Lipinski definition) is 3. The lowest BCUT2D eigenvalue weighted by molar-refractivity contribution is 0.268. The van der Waals surface area contributed by atoms with Gasteiger partial charge in [-0.05, 0) is 62.2 Å². The van der Waals surface area contributed by atoms with Crippen molar-refractivity contribution < 1.29 is 9.47 Å². The fourth-order valence-electron chi connectivity index (χ4n) is 2.72. The van der Waals surface area contributed by atoms with Gasteiger partial charge in [0.2, 0.25) is 0 Å². The first-order chi connectivity index (χ1) is 10.9. The lowest BCUT2D eigenvalue weighted by atomic mass is 10.0. The molecular formula is C19H23NO2. The Bertz CT molecular complexity index is 547. The fraction of sp³-hybridized carbons (Fsp3) is 0.368. The van der Waals surface area contributed by atoms with Gasteiger partial charge in [0.05, 0.1) is 6.61 Å². The van der Waals surface area contributed by atoms with E-state index in [9.17, 15) is 0 Å². The maximum atomic E-state index is 5.82. The van der Waals surface area contributed by atoms with E-state index >= 15 is 0 Å². The van der Waals surface area contributed by atoms with Crippen LogP contribution < -0.4 is 14.8 Å². The van der Waals surface area contributed by atoms with E-state index in [4.69, 9.17) is 9.47 Å². The van der Waals surface area contributed by atoms with E-state index < -0.39 is 0 Å². The van der Waals surface area contributed by atoms with Gasteiger partial charge >= 0.3 is 0 Å². The van der Waals surface area contributed by atoms with Crippen LogP contribution in [-0.2, 0) is 0 Å². The average molecular weight is 297 g/mol. The van der Waals surface area contributed by atoms with Gasteiger partial charge in [0.15, 0.2) is 0 Å². The smallest absolute Gasteiger partial charge is 0.127 e. The molecule has 0 radical (unpaired) electrons. The number of benzene rings is 2. The van der Waals surface area contributed by atoms with Crippen molar-refractivity contribution >= 4 is 0 Å². The van der Waals surface area contributed by atoms with E-state index in [1.165, 1.54) is 19.3 Å². The Balaban J connectivity index is 1.45. The van der Waals surface area contributed by atoms with Crippen molar-refractivity contribution in [3.05, 3.63) is 54.6 Å². The highest BCUT2D eigenvalue weighted by molar-refractivity contribution is 5.35. The Morgan fingerprint density at radius 3 is 2.32 bits per heavy atom. The van der Waals surface area contributed by atoms with E-state index in [2.05, 4.69) is 5.32 Å². The molecule has 2 aromatic rings. The van der Waals surface area contributed by atoms with Crippen molar-refractivity contribution in [1.82, 2.24) is 5.32 Å². The maximum absolute atomic E-state index is 5.82. The number of rotatable bonds is 6. The number of piperidine rings is 1. The van der Waals surface area contributed by atoms with Crippen molar-refractivity contribution in [1.29, 1.82) is 0 Å². The summed E-state index contributed by atoms with van der Waals surface area (Å²) in [6.07, 6.45) is 4.99. The van der Waals surface area contributed by atoms with Crippen molar-refractivity contribution in [2.45, 2.75) is 31.7 Å². The lowest BCUT2D eigenvalue weighted by Crippen LogP contribution is -2.35. The van der Waals surface area contributed by atoms with Crippen LogP contribution in [0.5, 0.6) is 17.2 Å². The summed E-state index contributed by atoms with van der Waals surface area (Å²) in [5.74, 6) is 2.57. The zero-order chi connectivity index (χ0) is 15.0. The quantitative estimate of drug-likeness (QED) is 0.857. The van der Waals surface area contributed by atoms with E-state index in [1.807, 2.05) is 54.6 Å². The van der Waals surface area contributed by atoms with Gasteiger partial charge in [0.25, 0.3) is 0 Å². The second kappa shape index (κ2) is 7.85. The van der Waals surface area contributed by atoms with Gasteiger partial charge in [0, 0.05) is 6.04 Å². The van der Waals surface area contributed by atoms with Gasteiger partial charge in [0.1, 0.15) is 17.2 Å². The highest BCUT2D eigenvalue weighted by Crippen LogP contribution is 2.23. The van der Waals surface area contributed by atoms with Crippen LogP contribution in [0.3, 0.4) is 0 Å². The third-order valence-corrected chi connectivity index (χ3v) is 3.95. The molecule has 3 rings (SSSR count). The van der Waals surface area contributed by atoms with E-state index in [0.29, 0.717) is 6.04 Å². The van der Waals surface area contributed by atoms with Gasteiger partial charge in [-0.2, -0.15) is 0 Å². The fourth-order valence-corrected chi connectivity index (χ4v) is 2.72. The summed E-state index contributed by atoms with van der Waals surface area (Å²) in [6.45, 7) is 1.91. The normalized spacial score (nSPS) is 17.9. The van der Waals surface area contributed by atoms with Gasteiger partial charge < -0.3 is 14.8 Å². The summed E-state index contributed by atoms with van der Waals surface area (Å²) < 4.78 is 11.6. The van der Waals surface area contributed by atoms with Crippen molar-refractivity contribution in [2.75, 3.05) is 13.2 Å². The minimum atomic E-state index is 0.620. The molecule has 1 heterocycles. The van der Waals surface area contributed by atoms with Crippen LogP contribution in [0.25, 0.3) is 0 Å². The van der Waals surface area contributed by atoms with Gasteiger partial charge in [-0.15, -0.1) is 0 Å². The first-order valence-corrected chi connectivity index (χ1v) is 8.09. The molecule has 3 heteroatoms. The first kappa shape index (κ1) is 14.9. The van der Waals surface area contributed by atoms with Crippen molar-refractivity contribution in [3.8, 4) is 17.2 Å². The lowest BCUT2D eigenvalue weighted by Gasteiger charge is -2.23. The van der Waals surface area contributed by atoms with E-state index in [-0.39, 0.29) is 0 Å². The molecule has 0 bridgehead atoms. The molecule has 1 aliphatic rings. The van der Waals surface area contributed by atoms with Crippen molar-refractivity contribution in [3.63, 3.8) is 0 Å². The van der Waals surface area contributed by atoms with Crippen molar-refractivity contribution in [2.24, 2.45) is 0 Å². The number of hydrogen-bond donors (Lipinski definition) is 1. The molecule has 116 valence electrons. The van der Waals surface area contributed by atoms with Gasteiger partial charge in [-0.3, -0.25) is 0 Å². The third-order valence-electron chi connectivity index (χ3n) is 3.95. The summed E-state index contributed by atoms with van der Waals surface area (Å²) in [7, 11) is 0. The molecule has 0 aliphatic carbocycles. The molecule has 0 spiro atoms. The standard InChI is InChI=1S/C19H23NO2/c1-2-7-18(8-3-1)22-19-11-9-17(10-12-19)21-15-13-16-6-4-5-14-20-16/h1-3,7-12,16,20H,4-6,13-15H2. The topological polar surface area (TPSA) is 30.5 Å². The van der Waals surface area contributed by atoms with Crippen LogP contribution in [0.1, 0.15) is 25.7 Å². The largest absolute Gasteiger partial charge is 0.494 e. The van der Waals surface area contributed by atoms with Crippen LogP contribution in [0, 0.1) is 0 Å². The number of nitrogens with one attached hydrogen (secondary N) is 1. The zero-order valence-electron chi connectivity index (χ0n) is 12.8. The minimum Gasteiger partial charge on any atom is -0.494 e. The molecule has 0 saturated carbocycles. The van der Waals surface area contributed by atoms with Crippen LogP contribution in [-0.4, -0.2) is 19.2 Å². The molecule has 1 unspecified atom stereocenters. The second-order valence-corrected chi connectivity index (χ2v) is 5.67. The molecular weight excluding hydrogens is 274 g/mol. The van der Waals surface area contributed by atoms with Gasteiger partial charge in [-0.1, -0.05) is 24.6 Å². The van der Waals surface area contributed by atoms with Crippen LogP contribution in [0.2, 0.25) is 0 Å².